The highest BCUT2D eigenvalue weighted by Gasteiger charge is 2.52. The van der Waals surface area contributed by atoms with Crippen molar-refractivity contribution >= 4 is 17.5 Å². The minimum atomic E-state index is -0.335. The molecule has 0 aromatic heterocycles. The molecule has 2 amide bonds. The van der Waals surface area contributed by atoms with Gasteiger partial charge in [-0.3, -0.25) is 9.59 Å². The third kappa shape index (κ3) is 3.81. The fourth-order valence-electron chi connectivity index (χ4n) is 6.00. The number of hydrogen-bond acceptors (Lipinski definition) is 4. The van der Waals surface area contributed by atoms with E-state index in [4.69, 9.17) is 4.74 Å². The third-order valence-corrected chi connectivity index (χ3v) is 6.85. The molecule has 0 N–H and O–H groups in total. The van der Waals surface area contributed by atoms with Crippen LogP contribution in [0.15, 0.2) is 24.3 Å². The number of amides is 2. The van der Waals surface area contributed by atoms with Crippen LogP contribution in [0.4, 0.5) is 5.69 Å². The first-order valence-electron chi connectivity index (χ1n) is 10.7. The summed E-state index contributed by atoms with van der Waals surface area (Å²) in [5.74, 6) is 0.198. The molecule has 1 aromatic carbocycles. The van der Waals surface area contributed by atoms with Gasteiger partial charge in [-0.05, 0) is 42.2 Å². The Morgan fingerprint density at radius 1 is 1.00 bits per heavy atom. The zero-order valence-electron chi connectivity index (χ0n) is 18.1. The number of hydrogen-bond donors (Lipinski definition) is 0. The van der Waals surface area contributed by atoms with E-state index in [-0.39, 0.29) is 28.7 Å². The summed E-state index contributed by atoms with van der Waals surface area (Å²) in [4.78, 5) is 31.9. The quantitative estimate of drug-likeness (QED) is 0.718. The molecule has 1 aromatic rings. The van der Waals surface area contributed by atoms with Gasteiger partial charge in [-0.2, -0.15) is 0 Å². The molecule has 0 spiro atoms. The Morgan fingerprint density at radius 3 is 2.38 bits per heavy atom. The van der Waals surface area contributed by atoms with Crippen molar-refractivity contribution in [2.45, 2.75) is 46.1 Å². The number of carbonyl (C=O) groups is 2. The molecule has 3 aliphatic rings. The van der Waals surface area contributed by atoms with E-state index in [0.29, 0.717) is 32.7 Å². The van der Waals surface area contributed by atoms with Crippen LogP contribution in [0.3, 0.4) is 0 Å². The van der Waals surface area contributed by atoms with Crippen molar-refractivity contribution in [2.24, 2.45) is 10.8 Å². The van der Waals surface area contributed by atoms with Gasteiger partial charge in [0.25, 0.3) is 0 Å². The molecule has 158 valence electrons. The van der Waals surface area contributed by atoms with Crippen LogP contribution in [-0.2, 0) is 9.59 Å². The molecule has 4 rings (SSSR count). The van der Waals surface area contributed by atoms with Gasteiger partial charge in [0, 0.05) is 38.8 Å². The summed E-state index contributed by atoms with van der Waals surface area (Å²) in [6, 6.07) is 8.13. The average molecular weight is 400 g/mol. The van der Waals surface area contributed by atoms with E-state index in [1.807, 2.05) is 29.2 Å². The summed E-state index contributed by atoms with van der Waals surface area (Å²) in [6.07, 6.45) is 3.13. The highest BCUT2D eigenvalue weighted by molar-refractivity contribution is 6.35. The number of rotatable bonds is 2. The fourth-order valence-corrected chi connectivity index (χ4v) is 6.00. The lowest BCUT2D eigenvalue weighted by Crippen LogP contribution is -2.54. The molecule has 1 aliphatic carbocycles. The van der Waals surface area contributed by atoms with Crippen LogP contribution < -0.4 is 9.64 Å². The van der Waals surface area contributed by atoms with Gasteiger partial charge in [0.2, 0.25) is 0 Å². The number of fused-ring (bicyclic) bond motifs is 2. The molecule has 2 heterocycles. The summed E-state index contributed by atoms with van der Waals surface area (Å²) < 4.78 is 5.46. The second-order valence-corrected chi connectivity index (χ2v) is 10.1. The van der Waals surface area contributed by atoms with E-state index in [0.717, 1.165) is 30.7 Å². The number of likely N-dealkylation sites (tertiary alicyclic amines) is 1. The maximum Gasteiger partial charge on any atom is 0.312 e. The molecular formula is C23H33N3O3. The Labute approximate surface area is 173 Å². The Hall–Kier alpha value is -2.24. The number of ether oxygens (including phenoxy) is 1. The van der Waals surface area contributed by atoms with E-state index in [2.05, 4.69) is 25.7 Å². The molecule has 2 saturated heterocycles. The molecular weight excluding hydrogens is 366 g/mol. The van der Waals surface area contributed by atoms with Crippen molar-refractivity contribution in [2.75, 3.05) is 44.7 Å². The van der Waals surface area contributed by atoms with Crippen LogP contribution in [0.1, 0.15) is 40.0 Å². The number of para-hydroxylation sites is 2. The smallest absolute Gasteiger partial charge is 0.312 e. The van der Waals surface area contributed by atoms with Gasteiger partial charge in [-0.25, -0.2) is 0 Å². The second kappa shape index (κ2) is 7.22. The lowest BCUT2D eigenvalue weighted by atomic mass is 9.65. The predicted octanol–water partition coefficient (Wildman–Crippen LogP) is 2.77. The predicted molar refractivity (Wildman–Crippen MR) is 113 cm³/mol. The van der Waals surface area contributed by atoms with Crippen molar-refractivity contribution in [1.82, 2.24) is 9.80 Å². The van der Waals surface area contributed by atoms with E-state index < -0.39 is 0 Å². The maximum absolute atomic E-state index is 13.1. The van der Waals surface area contributed by atoms with E-state index in [1.54, 1.807) is 12.0 Å². The van der Waals surface area contributed by atoms with Gasteiger partial charge >= 0.3 is 11.8 Å². The third-order valence-electron chi connectivity index (χ3n) is 6.85. The standard InChI is InChI=1S/C23H33N3O3/c1-22(2)13-17-14-23(3,15-22)16-26(17)21(28)20(27)25-11-9-24(10-12-25)18-7-5-6-8-19(18)29-4/h5-8,17H,9-16H2,1-4H3. The summed E-state index contributed by atoms with van der Waals surface area (Å²) >= 11 is 0. The Kier molecular flexibility index (Phi) is 4.99. The number of piperazine rings is 1. The molecule has 3 fully saturated rings. The first kappa shape index (κ1) is 20.0. The molecule has 2 aliphatic heterocycles. The maximum atomic E-state index is 13.1. The minimum absolute atomic E-state index is 0.144. The summed E-state index contributed by atoms with van der Waals surface area (Å²) in [6.45, 7) is 10.1. The molecule has 6 nitrogen and oxygen atoms in total. The van der Waals surface area contributed by atoms with E-state index in [1.165, 1.54) is 0 Å². The van der Waals surface area contributed by atoms with Gasteiger partial charge in [-0.15, -0.1) is 0 Å². The topological polar surface area (TPSA) is 53.1 Å². The van der Waals surface area contributed by atoms with Crippen molar-refractivity contribution in [3.05, 3.63) is 24.3 Å². The normalized spacial score (nSPS) is 28.4. The van der Waals surface area contributed by atoms with Gasteiger partial charge in [0.15, 0.2) is 0 Å². The van der Waals surface area contributed by atoms with Crippen molar-refractivity contribution < 1.29 is 14.3 Å². The SMILES string of the molecule is COc1ccccc1N1CCN(C(=O)C(=O)N2CC3(C)CC2CC(C)(C)C3)CC1. The van der Waals surface area contributed by atoms with Crippen LogP contribution in [0, 0.1) is 10.8 Å². The number of anilines is 1. The Bertz CT molecular complexity index is 800. The molecule has 6 heteroatoms. The summed E-state index contributed by atoms with van der Waals surface area (Å²) in [5, 5.41) is 0. The summed E-state index contributed by atoms with van der Waals surface area (Å²) in [7, 11) is 1.67. The lowest BCUT2D eigenvalue weighted by molar-refractivity contribution is -0.152. The van der Waals surface area contributed by atoms with Crippen LogP contribution in [0.2, 0.25) is 0 Å². The van der Waals surface area contributed by atoms with E-state index in [9.17, 15) is 9.59 Å². The zero-order chi connectivity index (χ0) is 20.8. The number of benzene rings is 1. The Balaban J connectivity index is 1.39. The van der Waals surface area contributed by atoms with Gasteiger partial charge in [-0.1, -0.05) is 32.9 Å². The van der Waals surface area contributed by atoms with Crippen molar-refractivity contribution in [1.29, 1.82) is 0 Å². The lowest BCUT2D eigenvalue weighted by Gasteiger charge is -2.39. The largest absolute Gasteiger partial charge is 0.495 e. The fraction of sp³-hybridized carbons (Fsp3) is 0.652. The van der Waals surface area contributed by atoms with Crippen molar-refractivity contribution in [3.63, 3.8) is 0 Å². The number of nitrogens with zero attached hydrogens (tertiary/aromatic N) is 3. The van der Waals surface area contributed by atoms with Gasteiger partial charge in [0.05, 0.1) is 12.8 Å². The van der Waals surface area contributed by atoms with Crippen LogP contribution in [0.25, 0.3) is 0 Å². The molecule has 0 radical (unpaired) electrons. The molecule has 29 heavy (non-hydrogen) atoms. The molecule has 2 bridgehead atoms. The highest BCUT2D eigenvalue weighted by Crippen LogP contribution is 2.52. The van der Waals surface area contributed by atoms with Crippen molar-refractivity contribution in [3.8, 4) is 5.75 Å². The monoisotopic (exact) mass is 399 g/mol. The summed E-state index contributed by atoms with van der Waals surface area (Å²) in [5.41, 5.74) is 1.41. The van der Waals surface area contributed by atoms with Crippen LogP contribution in [0.5, 0.6) is 5.75 Å². The van der Waals surface area contributed by atoms with Gasteiger partial charge in [0.1, 0.15) is 5.75 Å². The molecule has 2 unspecified atom stereocenters. The Morgan fingerprint density at radius 2 is 1.69 bits per heavy atom. The molecule has 2 atom stereocenters. The first-order chi connectivity index (χ1) is 13.7. The number of methoxy groups -OCH3 is 1. The number of carbonyl (C=O) groups excluding carboxylic acids is 2. The zero-order valence-corrected chi connectivity index (χ0v) is 18.1. The highest BCUT2D eigenvalue weighted by atomic mass is 16.5. The molecule has 1 saturated carbocycles. The van der Waals surface area contributed by atoms with Crippen LogP contribution >= 0.6 is 0 Å². The second-order valence-electron chi connectivity index (χ2n) is 10.1. The van der Waals surface area contributed by atoms with E-state index >= 15 is 0 Å². The first-order valence-corrected chi connectivity index (χ1v) is 10.7. The van der Waals surface area contributed by atoms with Gasteiger partial charge < -0.3 is 19.4 Å². The van der Waals surface area contributed by atoms with Crippen LogP contribution in [-0.4, -0.2) is 67.5 Å². The minimum Gasteiger partial charge on any atom is -0.495 e. The average Bonchev–Trinajstić information content (AvgIpc) is 2.95.